The van der Waals surface area contributed by atoms with Crippen LogP contribution in [0.15, 0.2) is 54.3 Å². The minimum Gasteiger partial charge on any atom is -0.458 e. The van der Waals surface area contributed by atoms with Gasteiger partial charge in [-0.15, -0.1) is 0 Å². The van der Waals surface area contributed by atoms with Gasteiger partial charge in [-0.25, -0.2) is 0 Å². The monoisotopic (exact) mass is 356 g/mol. The van der Waals surface area contributed by atoms with Crippen LogP contribution < -0.4 is 4.74 Å². The second-order valence-electron chi connectivity index (χ2n) is 4.19. The summed E-state index contributed by atoms with van der Waals surface area (Å²) in [5, 5.41) is 1.91. The second-order valence-corrected chi connectivity index (χ2v) is 5.31. The highest BCUT2D eigenvalue weighted by Gasteiger charge is 2.26. The van der Waals surface area contributed by atoms with Crippen LogP contribution in [0.25, 0.3) is 0 Å². The number of rotatable bonds is 4. The van der Waals surface area contributed by atoms with E-state index in [1.165, 1.54) is 0 Å². The first kappa shape index (κ1) is 12.9. The van der Waals surface area contributed by atoms with E-state index in [4.69, 9.17) is 4.74 Å². The van der Waals surface area contributed by atoms with Crippen LogP contribution in [0.2, 0.25) is 0 Å². The number of halogens is 2. The van der Waals surface area contributed by atoms with Gasteiger partial charge in [0.25, 0.3) is 0 Å². The van der Waals surface area contributed by atoms with Crippen molar-refractivity contribution in [3.8, 4) is 5.75 Å². The van der Waals surface area contributed by atoms with Gasteiger partial charge in [-0.1, -0.05) is 56.1 Å². The van der Waals surface area contributed by atoms with Gasteiger partial charge in [0.1, 0.15) is 11.5 Å². The summed E-state index contributed by atoms with van der Waals surface area (Å²) >= 11 is 7.13. The summed E-state index contributed by atoms with van der Waals surface area (Å²) in [7, 11) is 0. The van der Waals surface area contributed by atoms with E-state index < -0.39 is 0 Å². The highest BCUT2D eigenvalue weighted by molar-refractivity contribution is 9.09. The summed E-state index contributed by atoms with van der Waals surface area (Å²) in [4.78, 5) is 0. The van der Waals surface area contributed by atoms with Crippen LogP contribution in [-0.4, -0.2) is 10.7 Å². The molecule has 1 aromatic carbocycles. The van der Waals surface area contributed by atoms with Crippen molar-refractivity contribution in [1.82, 2.24) is 0 Å². The van der Waals surface area contributed by atoms with Gasteiger partial charge in [-0.05, 0) is 30.7 Å². The molecule has 0 radical (unpaired) electrons. The Bertz CT molecular complexity index is 419. The zero-order valence-corrected chi connectivity index (χ0v) is 12.6. The van der Waals surface area contributed by atoms with Crippen molar-refractivity contribution in [3.63, 3.8) is 0 Å². The second kappa shape index (κ2) is 5.87. The van der Waals surface area contributed by atoms with Crippen LogP contribution >= 0.6 is 31.9 Å². The maximum atomic E-state index is 5.78. The fraction of sp³-hybridized carbons (Fsp3) is 0.286. The molecule has 0 unspecified atom stereocenters. The molecule has 0 bridgehead atoms. The molecule has 0 fully saturated rings. The summed E-state index contributed by atoms with van der Waals surface area (Å²) in [6, 6.07) is 9.86. The zero-order valence-electron chi connectivity index (χ0n) is 9.40. The molecule has 90 valence electrons. The maximum Gasteiger partial charge on any atom is 0.127 e. The molecule has 0 heterocycles. The molecule has 0 aliphatic heterocycles. The number of alkyl halides is 2. The SMILES string of the molecule is BrCC1(CBr)C=CC(Oc2ccccc2)=CC1. The van der Waals surface area contributed by atoms with Crippen molar-refractivity contribution >= 4 is 31.9 Å². The molecule has 0 saturated heterocycles. The summed E-state index contributed by atoms with van der Waals surface area (Å²) in [6.45, 7) is 0. The topological polar surface area (TPSA) is 9.23 Å². The van der Waals surface area contributed by atoms with Crippen LogP contribution in [-0.2, 0) is 0 Å². The quantitative estimate of drug-likeness (QED) is 0.710. The van der Waals surface area contributed by atoms with Crippen molar-refractivity contribution in [2.75, 3.05) is 10.7 Å². The van der Waals surface area contributed by atoms with Gasteiger partial charge in [-0.2, -0.15) is 0 Å². The number of allylic oxidation sites excluding steroid dienone is 3. The molecule has 0 saturated carbocycles. The van der Waals surface area contributed by atoms with Crippen LogP contribution in [0.5, 0.6) is 5.75 Å². The van der Waals surface area contributed by atoms with Crippen LogP contribution in [0, 0.1) is 5.41 Å². The predicted molar refractivity (Wildman–Crippen MR) is 78.9 cm³/mol. The van der Waals surface area contributed by atoms with Gasteiger partial charge in [0, 0.05) is 16.1 Å². The minimum atomic E-state index is 0.184. The highest BCUT2D eigenvalue weighted by atomic mass is 79.9. The largest absolute Gasteiger partial charge is 0.458 e. The van der Waals surface area contributed by atoms with Gasteiger partial charge < -0.3 is 4.74 Å². The lowest BCUT2D eigenvalue weighted by Crippen LogP contribution is -2.23. The van der Waals surface area contributed by atoms with Crippen LogP contribution in [0.4, 0.5) is 0 Å². The van der Waals surface area contributed by atoms with Crippen LogP contribution in [0.3, 0.4) is 0 Å². The summed E-state index contributed by atoms with van der Waals surface area (Å²) < 4.78 is 5.78. The Morgan fingerprint density at radius 3 is 2.35 bits per heavy atom. The molecule has 1 aliphatic carbocycles. The smallest absolute Gasteiger partial charge is 0.127 e. The lowest BCUT2D eigenvalue weighted by Gasteiger charge is -2.27. The number of benzene rings is 1. The molecule has 1 aliphatic rings. The van der Waals surface area contributed by atoms with Crippen molar-refractivity contribution in [1.29, 1.82) is 0 Å². The molecular weight excluding hydrogens is 344 g/mol. The average molecular weight is 358 g/mol. The van der Waals surface area contributed by atoms with E-state index in [1.807, 2.05) is 30.3 Å². The fourth-order valence-electron chi connectivity index (χ4n) is 1.63. The van der Waals surface area contributed by atoms with Crippen molar-refractivity contribution in [3.05, 3.63) is 54.3 Å². The van der Waals surface area contributed by atoms with E-state index in [9.17, 15) is 0 Å². The molecule has 0 amide bonds. The third kappa shape index (κ3) is 3.23. The molecule has 0 aromatic heterocycles. The lowest BCUT2D eigenvalue weighted by molar-refractivity contribution is 0.418. The Morgan fingerprint density at radius 1 is 1.12 bits per heavy atom. The molecule has 3 heteroatoms. The van der Waals surface area contributed by atoms with Gasteiger partial charge in [0.15, 0.2) is 0 Å². The van der Waals surface area contributed by atoms with E-state index in [-0.39, 0.29) is 5.41 Å². The molecule has 17 heavy (non-hydrogen) atoms. The summed E-state index contributed by atoms with van der Waals surface area (Å²) in [5.41, 5.74) is 0.184. The zero-order chi connectivity index (χ0) is 12.1. The van der Waals surface area contributed by atoms with E-state index >= 15 is 0 Å². The Kier molecular flexibility index (Phi) is 4.46. The number of hydrogen-bond acceptors (Lipinski definition) is 1. The molecule has 0 N–H and O–H groups in total. The normalized spacial score (nSPS) is 17.6. The van der Waals surface area contributed by atoms with E-state index in [0.29, 0.717) is 0 Å². The number of para-hydroxylation sites is 1. The Balaban J connectivity index is 2.03. The minimum absolute atomic E-state index is 0.184. The van der Waals surface area contributed by atoms with Crippen molar-refractivity contribution < 1.29 is 4.74 Å². The predicted octanol–water partition coefficient (Wildman–Crippen LogP) is 4.69. The number of ether oxygens (including phenoxy) is 1. The first-order valence-corrected chi connectivity index (χ1v) is 7.76. The lowest BCUT2D eigenvalue weighted by atomic mass is 9.86. The highest BCUT2D eigenvalue weighted by Crippen LogP contribution is 2.34. The first-order chi connectivity index (χ1) is 8.28. The maximum absolute atomic E-state index is 5.78. The van der Waals surface area contributed by atoms with E-state index in [1.54, 1.807) is 0 Å². The summed E-state index contributed by atoms with van der Waals surface area (Å²) in [5.74, 6) is 1.81. The fourth-order valence-corrected chi connectivity index (χ4v) is 3.39. The standard InChI is InChI=1S/C14H14Br2O/c15-10-14(11-16)8-6-13(7-9-14)17-12-4-2-1-3-5-12/h1-8H,9-11H2. The number of hydrogen-bond donors (Lipinski definition) is 0. The molecule has 1 nitrogen and oxygen atoms in total. The Morgan fingerprint density at radius 2 is 1.82 bits per heavy atom. The molecule has 0 spiro atoms. The van der Waals surface area contributed by atoms with E-state index in [2.05, 4.69) is 50.1 Å². The van der Waals surface area contributed by atoms with E-state index in [0.717, 1.165) is 28.6 Å². The van der Waals surface area contributed by atoms with Gasteiger partial charge in [0.2, 0.25) is 0 Å². The molecule has 0 atom stereocenters. The van der Waals surface area contributed by atoms with Gasteiger partial charge in [0.05, 0.1) is 0 Å². The van der Waals surface area contributed by atoms with Gasteiger partial charge >= 0.3 is 0 Å². The molecule has 1 aromatic rings. The molecular formula is C14H14Br2O. The molecule has 2 rings (SSSR count). The first-order valence-electron chi connectivity index (χ1n) is 5.52. The van der Waals surface area contributed by atoms with Gasteiger partial charge in [-0.3, -0.25) is 0 Å². The van der Waals surface area contributed by atoms with Crippen molar-refractivity contribution in [2.45, 2.75) is 6.42 Å². The van der Waals surface area contributed by atoms with Crippen molar-refractivity contribution in [2.24, 2.45) is 5.41 Å². The Labute approximate surface area is 119 Å². The Hall–Kier alpha value is -0.540. The van der Waals surface area contributed by atoms with Crippen LogP contribution in [0.1, 0.15) is 6.42 Å². The average Bonchev–Trinajstić information content (AvgIpc) is 2.41. The summed E-state index contributed by atoms with van der Waals surface area (Å²) in [6.07, 6.45) is 7.41. The third-order valence-electron chi connectivity index (χ3n) is 2.82. The third-order valence-corrected chi connectivity index (χ3v) is 5.06.